The number of thioether (sulfide) groups is 1. The number of fused-ring (bicyclic) bond motifs is 1. The molecular weight excluding hydrogens is 360 g/mol. The van der Waals surface area contributed by atoms with Gasteiger partial charge >= 0.3 is 6.03 Å². The van der Waals surface area contributed by atoms with Gasteiger partial charge in [0, 0.05) is 24.0 Å². The second-order valence-corrected chi connectivity index (χ2v) is 7.62. The van der Waals surface area contributed by atoms with E-state index >= 15 is 0 Å². The van der Waals surface area contributed by atoms with Crippen LogP contribution in [0.5, 0.6) is 0 Å². The third-order valence-electron chi connectivity index (χ3n) is 4.27. The third kappa shape index (κ3) is 7.38. The fraction of sp³-hybridized carbons (Fsp3) is 0.812. The lowest BCUT2D eigenvalue weighted by Crippen LogP contribution is -2.36. The van der Waals surface area contributed by atoms with Crippen molar-refractivity contribution in [2.24, 2.45) is 5.73 Å². The maximum atomic E-state index is 11.8. The van der Waals surface area contributed by atoms with Crippen molar-refractivity contribution in [1.82, 2.24) is 16.0 Å². The Morgan fingerprint density at radius 1 is 1.19 bits per heavy atom. The molecule has 2 rings (SSSR count). The molecule has 2 aliphatic heterocycles. The summed E-state index contributed by atoms with van der Waals surface area (Å²) in [6.45, 7) is 1.40. The maximum Gasteiger partial charge on any atom is 0.315 e. The van der Waals surface area contributed by atoms with Gasteiger partial charge in [0.05, 0.1) is 31.9 Å². The van der Waals surface area contributed by atoms with Crippen LogP contribution in [0, 0.1) is 0 Å². The number of hydrogen-bond donors (Lipinski definition) is 4. The predicted molar refractivity (Wildman–Crippen MR) is 97.8 cm³/mol. The van der Waals surface area contributed by atoms with Crippen LogP contribution in [0.25, 0.3) is 0 Å². The summed E-state index contributed by atoms with van der Waals surface area (Å²) >= 11 is 1.89. The molecule has 0 saturated carbocycles. The van der Waals surface area contributed by atoms with Crippen LogP contribution in [0.4, 0.5) is 4.79 Å². The summed E-state index contributed by atoms with van der Waals surface area (Å²) in [4.78, 5) is 33.5. The summed E-state index contributed by atoms with van der Waals surface area (Å²) < 4.78 is 10.2. The van der Waals surface area contributed by atoms with E-state index in [-0.39, 0.29) is 30.6 Å². The molecule has 10 heteroatoms. The normalized spacial score (nSPS) is 24.0. The number of nitrogens with one attached hydrogen (secondary N) is 3. The fourth-order valence-corrected chi connectivity index (χ4v) is 4.56. The molecule has 2 saturated heterocycles. The topological polar surface area (TPSA) is 132 Å². The number of ether oxygens (including phenoxy) is 2. The first kappa shape index (κ1) is 20.8. The summed E-state index contributed by atoms with van der Waals surface area (Å²) in [5.74, 6) is 0.474. The summed E-state index contributed by atoms with van der Waals surface area (Å²) in [7, 11) is 0. The zero-order valence-electron chi connectivity index (χ0n) is 14.8. The van der Waals surface area contributed by atoms with Crippen molar-refractivity contribution in [2.75, 3.05) is 38.7 Å². The number of carbonyl (C=O) groups is 3. The van der Waals surface area contributed by atoms with Gasteiger partial charge in [0.25, 0.3) is 0 Å². The summed E-state index contributed by atoms with van der Waals surface area (Å²) in [5.41, 5.74) is 4.93. The number of unbranched alkanes of at least 4 members (excludes halogenated alkanes) is 1. The number of urea groups is 1. The number of carbonyl (C=O) groups excluding carboxylic acids is 3. The van der Waals surface area contributed by atoms with Crippen LogP contribution >= 0.6 is 11.8 Å². The van der Waals surface area contributed by atoms with Crippen molar-refractivity contribution in [3.8, 4) is 0 Å². The van der Waals surface area contributed by atoms with E-state index in [0.717, 1.165) is 25.0 Å². The highest BCUT2D eigenvalue weighted by Crippen LogP contribution is 2.33. The molecule has 0 bridgehead atoms. The van der Waals surface area contributed by atoms with Crippen LogP contribution in [0.2, 0.25) is 0 Å². The van der Waals surface area contributed by atoms with Crippen molar-refractivity contribution in [1.29, 1.82) is 0 Å². The largest absolute Gasteiger partial charge is 0.377 e. The minimum atomic E-state index is -0.506. The van der Waals surface area contributed by atoms with Crippen LogP contribution in [0.1, 0.15) is 25.7 Å². The van der Waals surface area contributed by atoms with Crippen LogP contribution in [0.3, 0.4) is 0 Å². The van der Waals surface area contributed by atoms with E-state index in [9.17, 15) is 14.4 Å². The predicted octanol–water partition coefficient (Wildman–Crippen LogP) is -0.653. The monoisotopic (exact) mass is 388 g/mol. The average Bonchev–Trinajstić information content (AvgIpc) is 3.13. The van der Waals surface area contributed by atoms with Crippen molar-refractivity contribution < 1.29 is 23.9 Å². The van der Waals surface area contributed by atoms with E-state index in [4.69, 9.17) is 15.2 Å². The lowest BCUT2D eigenvalue weighted by atomic mass is 10.0. The van der Waals surface area contributed by atoms with Gasteiger partial charge in [-0.25, -0.2) is 4.79 Å². The zero-order chi connectivity index (χ0) is 18.8. The first-order chi connectivity index (χ1) is 12.6. The van der Waals surface area contributed by atoms with Gasteiger partial charge in [0.1, 0.15) is 6.61 Å². The molecule has 0 spiro atoms. The van der Waals surface area contributed by atoms with Gasteiger partial charge in [0.15, 0.2) is 0 Å². The number of primary amides is 1. The quantitative estimate of drug-likeness (QED) is 0.245. The van der Waals surface area contributed by atoms with Gasteiger partial charge < -0.3 is 31.2 Å². The van der Waals surface area contributed by atoms with Crippen LogP contribution < -0.4 is 21.7 Å². The Balaban J connectivity index is 1.40. The smallest absolute Gasteiger partial charge is 0.315 e. The first-order valence-electron chi connectivity index (χ1n) is 8.95. The summed E-state index contributed by atoms with van der Waals surface area (Å²) in [6, 6.07) is 0.416. The summed E-state index contributed by atoms with van der Waals surface area (Å²) in [6.07, 6.45) is 3.31. The van der Waals surface area contributed by atoms with E-state index in [1.54, 1.807) is 0 Å². The number of amides is 4. The molecule has 4 amide bonds. The minimum absolute atomic E-state index is 0.0198. The molecule has 3 atom stereocenters. The first-order valence-corrected chi connectivity index (χ1v) is 10.0. The Bertz CT molecular complexity index is 493. The average molecular weight is 388 g/mol. The van der Waals surface area contributed by atoms with Gasteiger partial charge in [-0.15, -0.1) is 0 Å². The molecule has 9 nitrogen and oxygen atoms in total. The van der Waals surface area contributed by atoms with E-state index in [1.807, 2.05) is 11.8 Å². The third-order valence-corrected chi connectivity index (χ3v) is 5.77. The molecule has 2 heterocycles. The standard InChI is InChI=1S/C16H28N4O5S/c17-13(21)9-25-8-7-24-6-5-18-14(22)4-2-1-3-12-15-11(10-26-12)19-16(23)20-15/h11-12,15H,1-10H2,(H2,17,21)(H,18,22)(H2,19,20,23). The molecule has 26 heavy (non-hydrogen) atoms. The molecule has 5 N–H and O–H groups in total. The van der Waals surface area contributed by atoms with Crippen LogP contribution in [-0.2, 0) is 19.1 Å². The van der Waals surface area contributed by atoms with E-state index in [0.29, 0.717) is 38.0 Å². The fourth-order valence-electron chi connectivity index (χ4n) is 3.02. The molecule has 148 valence electrons. The van der Waals surface area contributed by atoms with Gasteiger partial charge in [-0.2, -0.15) is 11.8 Å². The van der Waals surface area contributed by atoms with E-state index in [1.165, 1.54) is 0 Å². The highest BCUT2D eigenvalue weighted by atomic mass is 32.2. The second-order valence-electron chi connectivity index (χ2n) is 6.35. The SMILES string of the molecule is NC(=O)COCCOCCNC(=O)CCCCC1SCC2NC(=O)NC21. The highest BCUT2D eigenvalue weighted by molar-refractivity contribution is 8.00. The molecule has 0 radical (unpaired) electrons. The van der Waals surface area contributed by atoms with Gasteiger partial charge in [-0.1, -0.05) is 6.42 Å². The number of rotatable bonds is 13. The summed E-state index contributed by atoms with van der Waals surface area (Å²) in [5, 5.41) is 9.16. The van der Waals surface area contributed by atoms with Crippen molar-refractivity contribution in [2.45, 2.75) is 43.0 Å². The molecular formula is C16H28N4O5S. The van der Waals surface area contributed by atoms with Gasteiger partial charge in [0.2, 0.25) is 11.8 Å². The molecule has 2 fully saturated rings. The minimum Gasteiger partial charge on any atom is -0.377 e. The molecule has 0 aromatic heterocycles. The highest BCUT2D eigenvalue weighted by Gasteiger charge is 2.42. The van der Waals surface area contributed by atoms with Crippen molar-refractivity contribution in [3.63, 3.8) is 0 Å². The number of nitrogens with two attached hydrogens (primary N) is 1. The Kier molecular flexibility index (Phi) is 8.99. The van der Waals surface area contributed by atoms with Crippen molar-refractivity contribution >= 4 is 29.6 Å². The van der Waals surface area contributed by atoms with Crippen molar-refractivity contribution in [3.05, 3.63) is 0 Å². The lowest BCUT2D eigenvalue weighted by Gasteiger charge is -2.16. The maximum absolute atomic E-state index is 11.8. The van der Waals surface area contributed by atoms with Crippen LogP contribution in [0.15, 0.2) is 0 Å². The van der Waals surface area contributed by atoms with Gasteiger partial charge in [-0.05, 0) is 12.8 Å². The van der Waals surface area contributed by atoms with Crippen LogP contribution in [-0.4, -0.2) is 73.9 Å². The zero-order valence-corrected chi connectivity index (χ0v) is 15.6. The van der Waals surface area contributed by atoms with E-state index in [2.05, 4.69) is 16.0 Å². The van der Waals surface area contributed by atoms with E-state index < -0.39 is 5.91 Å². The molecule has 3 unspecified atom stereocenters. The number of hydrogen-bond acceptors (Lipinski definition) is 6. The lowest BCUT2D eigenvalue weighted by molar-refractivity contribution is -0.123. The Labute approximate surface area is 157 Å². The molecule has 0 aliphatic carbocycles. The molecule has 0 aromatic rings. The Morgan fingerprint density at radius 3 is 2.81 bits per heavy atom. The molecule has 2 aliphatic rings. The Morgan fingerprint density at radius 2 is 2.00 bits per heavy atom. The molecule has 0 aromatic carbocycles. The second kappa shape index (κ2) is 11.2. The Hall–Kier alpha value is -1.52. The van der Waals surface area contributed by atoms with Gasteiger partial charge in [-0.3, -0.25) is 9.59 Å².